The fraction of sp³-hybridized carbons (Fsp3) is 0.207. The molecule has 0 radical (unpaired) electrons. The summed E-state index contributed by atoms with van der Waals surface area (Å²) in [7, 11) is 0. The van der Waals surface area contributed by atoms with Crippen LogP contribution in [0.25, 0.3) is 16.6 Å². The van der Waals surface area contributed by atoms with E-state index in [0.717, 1.165) is 16.9 Å². The van der Waals surface area contributed by atoms with Crippen LogP contribution in [0.3, 0.4) is 0 Å². The topological polar surface area (TPSA) is 111 Å². The van der Waals surface area contributed by atoms with Crippen LogP contribution >= 0.6 is 0 Å². The number of carbonyl (C=O) groups excluding carboxylic acids is 1. The van der Waals surface area contributed by atoms with Crippen LogP contribution in [0.15, 0.2) is 61.1 Å². The number of hydrogen-bond acceptors (Lipinski definition) is 7. The number of amides is 1. The molecule has 0 N–H and O–H groups in total. The molecule has 3 aromatic heterocycles. The lowest BCUT2D eigenvalue weighted by Gasteiger charge is -2.34. The zero-order valence-corrected chi connectivity index (χ0v) is 20.8. The molecule has 0 atom stereocenters. The maximum absolute atomic E-state index is 12.6. The Morgan fingerprint density at radius 1 is 1.03 bits per heavy atom. The number of benzene rings is 1. The van der Waals surface area contributed by atoms with Gasteiger partial charge in [0.1, 0.15) is 17.6 Å². The number of hydrogen-bond donors (Lipinski definition) is 0. The second-order valence-electron chi connectivity index (χ2n) is 8.61. The van der Waals surface area contributed by atoms with Gasteiger partial charge in [-0.1, -0.05) is 12.0 Å². The highest BCUT2D eigenvalue weighted by Crippen LogP contribution is 2.31. The molecule has 1 saturated heterocycles. The fourth-order valence-electron chi connectivity index (χ4n) is 4.39. The van der Waals surface area contributed by atoms with Crippen LogP contribution in [0.4, 0.5) is 5.82 Å². The van der Waals surface area contributed by atoms with Gasteiger partial charge in [0, 0.05) is 55.0 Å². The predicted molar refractivity (Wildman–Crippen MR) is 141 cm³/mol. The van der Waals surface area contributed by atoms with E-state index in [1.54, 1.807) is 52.3 Å². The molecule has 0 spiro atoms. The Balaban J connectivity index is 1.28. The van der Waals surface area contributed by atoms with Crippen molar-refractivity contribution in [2.75, 3.05) is 37.7 Å². The third kappa shape index (κ3) is 4.97. The molecule has 0 bridgehead atoms. The molecule has 186 valence electrons. The number of piperazine rings is 1. The second-order valence-corrected chi connectivity index (χ2v) is 8.61. The number of rotatable bonds is 4. The lowest BCUT2D eigenvalue weighted by Crippen LogP contribution is -2.48. The number of carbonyl (C=O) groups is 1. The van der Waals surface area contributed by atoms with Gasteiger partial charge in [-0.05, 0) is 43.3 Å². The first-order chi connectivity index (χ1) is 18.6. The van der Waals surface area contributed by atoms with Gasteiger partial charge in [-0.2, -0.15) is 15.6 Å². The lowest BCUT2D eigenvalue weighted by atomic mass is 10.1. The van der Waals surface area contributed by atoms with Crippen LogP contribution < -0.4 is 9.64 Å². The van der Waals surface area contributed by atoms with Crippen LogP contribution in [0, 0.1) is 34.5 Å². The maximum Gasteiger partial charge on any atom is 0.298 e. The summed E-state index contributed by atoms with van der Waals surface area (Å²) in [6.45, 7) is 4.77. The molecule has 4 aromatic rings. The number of ether oxygens (including phenoxy) is 1. The molecule has 1 aliphatic heterocycles. The van der Waals surface area contributed by atoms with E-state index >= 15 is 0 Å². The van der Waals surface area contributed by atoms with Crippen molar-refractivity contribution in [2.24, 2.45) is 0 Å². The summed E-state index contributed by atoms with van der Waals surface area (Å²) in [4.78, 5) is 21.1. The third-order valence-corrected chi connectivity index (χ3v) is 6.27. The SMILES string of the molecule is CCOc1cc(-c2ccc(N3CCN(C(=O)C#Cc4cccc(C#N)c4)CC3)nc2)c2c(C#N)cnn2c1. The van der Waals surface area contributed by atoms with Gasteiger partial charge in [0.2, 0.25) is 0 Å². The highest BCUT2D eigenvalue weighted by Gasteiger charge is 2.21. The van der Waals surface area contributed by atoms with Crippen LogP contribution in [-0.2, 0) is 4.79 Å². The fourth-order valence-corrected chi connectivity index (χ4v) is 4.39. The molecule has 9 nitrogen and oxygen atoms in total. The van der Waals surface area contributed by atoms with E-state index in [0.29, 0.717) is 60.7 Å². The van der Waals surface area contributed by atoms with Crippen molar-refractivity contribution < 1.29 is 9.53 Å². The summed E-state index contributed by atoms with van der Waals surface area (Å²) < 4.78 is 7.35. The summed E-state index contributed by atoms with van der Waals surface area (Å²) in [5, 5.41) is 22.9. The summed E-state index contributed by atoms with van der Waals surface area (Å²) in [5.41, 5.74) is 4.01. The van der Waals surface area contributed by atoms with E-state index in [1.807, 2.05) is 25.1 Å². The molecule has 5 rings (SSSR count). The van der Waals surface area contributed by atoms with Crippen LogP contribution in [-0.4, -0.2) is 58.2 Å². The van der Waals surface area contributed by atoms with Gasteiger partial charge >= 0.3 is 0 Å². The number of pyridine rings is 2. The van der Waals surface area contributed by atoms with E-state index in [1.165, 1.54) is 0 Å². The minimum atomic E-state index is -0.234. The molecule has 0 aliphatic carbocycles. The highest BCUT2D eigenvalue weighted by atomic mass is 16.5. The Morgan fingerprint density at radius 3 is 2.55 bits per heavy atom. The molecule has 0 saturated carbocycles. The predicted octanol–water partition coefficient (Wildman–Crippen LogP) is 3.24. The standard InChI is InChI=1S/C29H23N7O2/c1-2-38-25-15-26(29-24(17-31)19-33-36(29)20-25)23-7-8-27(32-18-23)34-10-12-35(13-11-34)28(37)9-6-21-4-3-5-22(14-21)16-30/h3-5,7-8,14-15,18-20H,2,10-13H2,1H3. The van der Waals surface area contributed by atoms with Gasteiger partial charge < -0.3 is 14.5 Å². The average Bonchev–Trinajstić information content (AvgIpc) is 3.39. The summed E-state index contributed by atoms with van der Waals surface area (Å²) in [6.07, 6.45) is 5.09. The second kappa shape index (κ2) is 10.7. The van der Waals surface area contributed by atoms with Crippen molar-refractivity contribution in [2.45, 2.75) is 6.92 Å². The molecular formula is C29H23N7O2. The Bertz CT molecular complexity index is 1640. The number of fused-ring (bicyclic) bond motifs is 1. The van der Waals surface area contributed by atoms with Gasteiger partial charge in [-0.15, -0.1) is 0 Å². The zero-order chi connectivity index (χ0) is 26.5. The van der Waals surface area contributed by atoms with Crippen molar-refractivity contribution >= 4 is 17.2 Å². The smallest absolute Gasteiger partial charge is 0.298 e. The normalized spacial score (nSPS) is 12.8. The molecule has 0 unspecified atom stereocenters. The quantitative estimate of drug-likeness (QED) is 0.395. The Kier molecular flexibility index (Phi) is 6.89. The Morgan fingerprint density at radius 2 is 1.84 bits per heavy atom. The van der Waals surface area contributed by atoms with Gasteiger partial charge in [0.15, 0.2) is 0 Å². The average molecular weight is 502 g/mol. The van der Waals surface area contributed by atoms with Gasteiger partial charge in [0.25, 0.3) is 5.91 Å². The van der Waals surface area contributed by atoms with Crippen molar-refractivity contribution in [3.05, 3.63) is 77.7 Å². The molecule has 1 fully saturated rings. The van der Waals surface area contributed by atoms with Gasteiger partial charge in [-0.3, -0.25) is 4.79 Å². The van der Waals surface area contributed by atoms with E-state index in [4.69, 9.17) is 10.00 Å². The minimum absolute atomic E-state index is 0.234. The molecule has 1 aromatic carbocycles. The summed E-state index contributed by atoms with van der Waals surface area (Å²) >= 11 is 0. The summed E-state index contributed by atoms with van der Waals surface area (Å²) in [5.74, 6) is 6.79. The molecule has 9 heteroatoms. The molecule has 4 heterocycles. The van der Waals surface area contributed by atoms with Crippen LogP contribution in [0.2, 0.25) is 0 Å². The molecule has 38 heavy (non-hydrogen) atoms. The Hall–Kier alpha value is -5.33. The molecular weight excluding hydrogens is 478 g/mol. The van der Waals surface area contributed by atoms with E-state index in [2.05, 4.69) is 39.0 Å². The third-order valence-electron chi connectivity index (χ3n) is 6.27. The zero-order valence-electron chi connectivity index (χ0n) is 20.8. The van der Waals surface area contributed by atoms with Crippen LogP contribution in [0.5, 0.6) is 5.75 Å². The minimum Gasteiger partial charge on any atom is -0.492 e. The Labute approximate surface area is 220 Å². The summed E-state index contributed by atoms with van der Waals surface area (Å²) in [6, 6.07) is 17.0. The lowest BCUT2D eigenvalue weighted by molar-refractivity contribution is -0.125. The number of aromatic nitrogens is 3. The van der Waals surface area contributed by atoms with Crippen molar-refractivity contribution in [3.8, 4) is 40.9 Å². The number of nitriles is 2. The van der Waals surface area contributed by atoms with Gasteiger partial charge in [0.05, 0.1) is 41.7 Å². The van der Waals surface area contributed by atoms with Crippen molar-refractivity contribution in [3.63, 3.8) is 0 Å². The number of anilines is 1. The first-order valence-electron chi connectivity index (χ1n) is 12.2. The number of nitrogens with zero attached hydrogens (tertiary/aromatic N) is 7. The van der Waals surface area contributed by atoms with E-state index in [9.17, 15) is 10.1 Å². The maximum atomic E-state index is 12.6. The first-order valence-corrected chi connectivity index (χ1v) is 12.2. The largest absolute Gasteiger partial charge is 0.492 e. The molecule has 1 amide bonds. The van der Waals surface area contributed by atoms with Crippen molar-refractivity contribution in [1.29, 1.82) is 10.5 Å². The van der Waals surface area contributed by atoms with Crippen molar-refractivity contribution in [1.82, 2.24) is 19.5 Å². The highest BCUT2D eigenvalue weighted by molar-refractivity contribution is 5.94. The van der Waals surface area contributed by atoms with E-state index in [-0.39, 0.29) is 5.91 Å². The van der Waals surface area contributed by atoms with E-state index < -0.39 is 0 Å². The molecule has 1 aliphatic rings. The van der Waals surface area contributed by atoms with Gasteiger partial charge in [-0.25, -0.2) is 9.50 Å². The van der Waals surface area contributed by atoms with Crippen LogP contribution in [0.1, 0.15) is 23.6 Å². The first kappa shape index (κ1) is 24.4. The monoisotopic (exact) mass is 501 g/mol.